The Labute approximate surface area is 109 Å². The van der Waals surface area contributed by atoms with Gasteiger partial charge in [0.25, 0.3) is 0 Å². The fourth-order valence-electron chi connectivity index (χ4n) is 1.58. The van der Waals surface area contributed by atoms with Gasteiger partial charge in [0.1, 0.15) is 0 Å². The Morgan fingerprint density at radius 1 is 1.39 bits per heavy atom. The molecule has 0 radical (unpaired) electrons. The van der Waals surface area contributed by atoms with Crippen LogP contribution in [-0.4, -0.2) is 25.6 Å². The van der Waals surface area contributed by atoms with Crippen molar-refractivity contribution in [3.63, 3.8) is 0 Å². The van der Waals surface area contributed by atoms with Gasteiger partial charge in [-0.25, -0.2) is 0 Å². The van der Waals surface area contributed by atoms with E-state index in [0.29, 0.717) is 6.61 Å². The van der Waals surface area contributed by atoms with Gasteiger partial charge in [0.2, 0.25) is 5.91 Å². The summed E-state index contributed by atoms with van der Waals surface area (Å²) < 4.78 is 5.12. The van der Waals surface area contributed by atoms with Crippen LogP contribution in [0.4, 0.5) is 5.69 Å². The van der Waals surface area contributed by atoms with Crippen LogP contribution in [0.25, 0.3) is 0 Å². The Balaban J connectivity index is 2.50. The highest BCUT2D eigenvalue weighted by Crippen LogP contribution is 2.15. The lowest BCUT2D eigenvalue weighted by molar-refractivity contribution is -0.120. The van der Waals surface area contributed by atoms with E-state index in [4.69, 9.17) is 4.74 Å². The molecule has 1 aromatic rings. The van der Waals surface area contributed by atoms with E-state index in [1.54, 1.807) is 7.11 Å². The molecule has 0 saturated heterocycles. The highest BCUT2D eigenvalue weighted by Gasteiger charge is 2.06. The second-order valence-electron chi connectivity index (χ2n) is 4.32. The maximum atomic E-state index is 11.6. The lowest BCUT2D eigenvalue weighted by atomic mass is 10.2. The van der Waals surface area contributed by atoms with E-state index in [9.17, 15) is 4.79 Å². The first-order valence-electron chi connectivity index (χ1n) is 6.27. The zero-order chi connectivity index (χ0) is 13.4. The average Bonchev–Trinajstić information content (AvgIpc) is 2.38. The quantitative estimate of drug-likeness (QED) is 0.779. The maximum absolute atomic E-state index is 11.6. The van der Waals surface area contributed by atoms with E-state index in [1.165, 1.54) is 0 Å². The number of anilines is 1. The van der Waals surface area contributed by atoms with Crippen LogP contribution in [-0.2, 0) is 16.1 Å². The summed E-state index contributed by atoms with van der Waals surface area (Å²) in [5.74, 6) is 0.0107. The Morgan fingerprint density at radius 3 is 2.78 bits per heavy atom. The second-order valence-corrected chi connectivity index (χ2v) is 4.32. The van der Waals surface area contributed by atoms with Crippen molar-refractivity contribution in [1.29, 1.82) is 0 Å². The fraction of sp³-hybridized carbons (Fsp3) is 0.500. The highest BCUT2D eigenvalue weighted by atomic mass is 16.5. The molecule has 18 heavy (non-hydrogen) atoms. The number of carbonyl (C=O) groups is 1. The standard InChI is InChI=1S/C14H22N2O2/c1-4-11(2)16-14(17)9-15-13-8-6-5-7-12(13)10-18-3/h5-8,11,15H,4,9-10H2,1-3H3,(H,16,17). The summed E-state index contributed by atoms with van der Waals surface area (Å²) in [6.45, 7) is 4.87. The molecule has 0 aliphatic rings. The molecule has 1 rings (SSSR count). The lowest BCUT2D eigenvalue weighted by Gasteiger charge is -2.14. The molecule has 0 spiro atoms. The van der Waals surface area contributed by atoms with Gasteiger partial charge in [-0.2, -0.15) is 0 Å². The third-order valence-corrected chi connectivity index (χ3v) is 2.78. The SMILES string of the molecule is CCC(C)NC(=O)CNc1ccccc1COC. The van der Waals surface area contributed by atoms with Crippen molar-refractivity contribution in [2.45, 2.75) is 32.9 Å². The number of benzene rings is 1. The van der Waals surface area contributed by atoms with Crippen LogP contribution in [0.5, 0.6) is 0 Å². The first-order chi connectivity index (χ1) is 8.67. The number of hydrogen-bond acceptors (Lipinski definition) is 3. The molecule has 0 saturated carbocycles. The first kappa shape index (κ1) is 14.5. The van der Waals surface area contributed by atoms with Gasteiger partial charge in [-0.15, -0.1) is 0 Å². The third kappa shape index (κ3) is 4.75. The molecule has 100 valence electrons. The van der Waals surface area contributed by atoms with Crippen molar-refractivity contribution in [1.82, 2.24) is 5.32 Å². The van der Waals surface area contributed by atoms with E-state index in [2.05, 4.69) is 10.6 Å². The number of amides is 1. The van der Waals surface area contributed by atoms with E-state index in [1.807, 2.05) is 38.1 Å². The Hall–Kier alpha value is -1.55. The number of hydrogen-bond donors (Lipinski definition) is 2. The van der Waals surface area contributed by atoms with Crippen molar-refractivity contribution in [3.05, 3.63) is 29.8 Å². The molecule has 0 aliphatic carbocycles. The second kappa shape index (κ2) is 7.71. The third-order valence-electron chi connectivity index (χ3n) is 2.78. The summed E-state index contributed by atoms with van der Waals surface area (Å²) in [4.78, 5) is 11.6. The van der Waals surface area contributed by atoms with Gasteiger partial charge in [-0.05, 0) is 19.4 Å². The number of rotatable bonds is 7. The number of para-hydroxylation sites is 1. The minimum Gasteiger partial charge on any atom is -0.380 e. The largest absolute Gasteiger partial charge is 0.380 e. The molecule has 4 heteroatoms. The fourth-order valence-corrected chi connectivity index (χ4v) is 1.58. The highest BCUT2D eigenvalue weighted by molar-refractivity contribution is 5.81. The Bertz CT molecular complexity index is 380. The number of carbonyl (C=O) groups excluding carboxylic acids is 1. The molecule has 0 heterocycles. The zero-order valence-electron chi connectivity index (χ0n) is 11.3. The van der Waals surface area contributed by atoms with Crippen molar-refractivity contribution in [2.24, 2.45) is 0 Å². The summed E-state index contributed by atoms with van der Waals surface area (Å²) in [6, 6.07) is 8.05. The normalized spacial score (nSPS) is 11.9. The van der Waals surface area contributed by atoms with Gasteiger partial charge in [-0.1, -0.05) is 25.1 Å². The minimum atomic E-state index is 0.0107. The molecule has 0 aliphatic heterocycles. The molecular formula is C14H22N2O2. The van der Waals surface area contributed by atoms with E-state index >= 15 is 0 Å². The smallest absolute Gasteiger partial charge is 0.239 e. The van der Waals surface area contributed by atoms with Crippen LogP contribution in [0, 0.1) is 0 Å². The molecule has 1 atom stereocenters. The molecule has 1 aromatic carbocycles. The number of nitrogens with one attached hydrogen (secondary N) is 2. The summed E-state index contributed by atoms with van der Waals surface area (Å²) in [6.07, 6.45) is 0.937. The van der Waals surface area contributed by atoms with Crippen LogP contribution in [0.1, 0.15) is 25.8 Å². The van der Waals surface area contributed by atoms with Gasteiger partial charge < -0.3 is 15.4 Å². The van der Waals surface area contributed by atoms with Gasteiger partial charge in [0.15, 0.2) is 0 Å². The van der Waals surface area contributed by atoms with Gasteiger partial charge >= 0.3 is 0 Å². The first-order valence-corrected chi connectivity index (χ1v) is 6.27. The maximum Gasteiger partial charge on any atom is 0.239 e. The van der Waals surface area contributed by atoms with Crippen molar-refractivity contribution in [3.8, 4) is 0 Å². The summed E-state index contributed by atoms with van der Waals surface area (Å²) >= 11 is 0. The predicted molar refractivity (Wildman–Crippen MR) is 73.5 cm³/mol. The topological polar surface area (TPSA) is 50.4 Å². The average molecular weight is 250 g/mol. The van der Waals surface area contributed by atoms with E-state index in [0.717, 1.165) is 17.7 Å². The summed E-state index contributed by atoms with van der Waals surface area (Å²) in [5.41, 5.74) is 2.00. The van der Waals surface area contributed by atoms with E-state index < -0.39 is 0 Å². The van der Waals surface area contributed by atoms with Crippen molar-refractivity contribution in [2.75, 3.05) is 19.0 Å². The lowest BCUT2D eigenvalue weighted by Crippen LogP contribution is -2.36. The van der Waals surface area contributed by atoms with Crippen LogP contribution in [0.2, 0.25) is 0 Å². The molecule has 0 bridgehead atoms. The van der Waals surface area contributed by atoms with Crippen LogP contribution in [0.15, 0.2) is 24.3 Å². The minimum absolute atomic E-state index is 0.0107. The number of ether oxygens (including phenoxy) is 1. The van der Waals surface area contributed by atoms with Crippen molar-refractivity contribution < 1.29 is 9.53 Å². The molecule has 1 amide bonds. The van der Waals surface area contributed by atoms with Crippen molar-refractivity contribution >= 4 is 11.6 Å². The summed E-state index contributed by atoms with van der Waals surface area (Å²) in [7, 11) is 1.66. The van der Waals surface area contributed by atoms with E-state index in [-0.39, 0.29) is 18.5 Å². The van der Waals surface area contributed by atoms with Crippen LogP contribution in [0.3, 0.4) is 0 Å². The zero-order valence-corrected chi connectivity index (χ0v) is 11.3. The number of methoxy groups -OCH3 is 1. The molecule has 2 N–H and O–H groups in total. The molecule has 4 nitrogen and oxygen atoms in total. The molecule has 1 unspecified atom stereocenters. The van der Waals surface area contributed by atoms with Crippen LogP contribution >= 0.6 is 0 Å². The van der Waals surface area contributed by atoms with Crippen LogP contribution < -0.4 is 10.6 Å². The molecule has 0 aromatic heterocycles. The van der Waals surface area contributed by atoms with Gasteiger partial charge in [0.05, 0.1) is 13.2 Å². The predicted octanol–water partition coefficient (Wildman–Crippen LogP) is 2.16. The van der Waals surface area contributed by atoms with Gasteiger partial charge in [-0.3, -0.25) is 4.79 Å². The molecule has 0 fully saturated rings. The van der Waals surface area contributed by atoms with Gasteiger partial charge in [0, 0.05) is 24.4 Å². The summed E-state index contributed by atoms with van der Waals surface area (Å²) in [5, 5.41) is 6.05. The Morgan fingerprint density at radius 2 is 2.11 bits per heavy atom. The monoisotopic (exact) mass is 250 g/mol. The molecular weight excluding hydrogens is 228 g/mol. The Kier molecular flexibility index (Phi) is 6.22.